The van der Waals surface area contributed by atoms with Crippen molar-refractivity contribution in [2.24, 2.45) is 5.92 Å². The Hall–Kier alpha value is -1.03. The Morgan fingerprint density at radius 1 is 1.47 bits per heavy atom. The molecule has 15 heavy (non-hydrogen) atoms. The number of fused-ring (bicyclic) bond motifs is 1. The maximum atomic E-state index is 11.7. The molecule has 1 aliphatic heterocycles. The number of carbonyl (C=O) groups excluding carboxylic acids is 1. The molecule has 4 heteroatoms. The maximum Gasteiger partial charge on any atom is 0.238 e. The van der Waals surface area contributed by atoms with Crippen molar-refractivity contribution in [3.8, 4) is 0 Å². The van der Waals surface area contributed by atoms with Crippen LogP contribution in [0.15, 0.2) is 17.2 Å². The van der Waals surface area contributed by atoms with Gasteiger partial charge in [-0.2, -0.15) is 0 Å². The summed E-state index contributed by atoms with van der Waals surface area (Å²) in [6.07, 6.45) is 0. The molecule has 0 radical (unpaired) electrons. The summed E-state index contributed by atoms with van der Waals surface area (Å²) < 4.78 is 0. The standard InChI is InChI=1S/C11H14N2OS/c1-6(2)9-10(14)13-8-5-4-7(3)12-11(8)15-9/h4-6,9H,1-3H3,(H,13,14). The van der Waals surface area contributed by atoms with E-state index in [1.807, 2.05) is 19.1 Å². The first-order valence-electron chi connectivity index (χ1n) is 5.03. The predicted octanol–water partition coefficient (Wildman–Crippen LogP) is 2.46. The Balaban J connectivity index is 2.34. The molecule has 80 valence electrons. The molecule has 0 bridgehead atoms. The molecule has 0 saturated heterocycles. The molecule has 1 aliphatic rings. The quantitative estimate of drug-likeness (QED) is 0.793. The van der Waals surface area contributed by atoms with Gasteiger partial charge in [0, 0.05) is 5.69 Å². The number of amides is 1. The van der Waals surface area contributed by atoms with E-state index < -0.39 is 0 Å². The first kappa shape index (κ1) is 10.5. The number of nitrogens with zero attached hydrogens (tertiary/aromatic N) is 1. The third kappa shape index (κ3) is 2.00. The average molecular weight is 222 g/mol. The van der Waals surface area contributed by atoms with Crippen molar-refractivity contribution in [1.82, 2.24) is 4.98 Å². The average Bonchev–Trinajstić information content (AvgIpc) is 2.17. The van der Waals surface area contributed by atoms with Crippen molar-refractivity contribution in [3.05, 3.63) is 17.8 Å². The van der Waals surface area contributed by atoms with Crippen LogP contribution in [0.3, 0.4) is 0 Å². The number of nitrogens with one attached hydrogen (secondary N) is 1. The number of thioether (sulfide) groups is 1. The number of pyridine rings is 1. The Labute approximate surface area is 93.7 Å². The highest BCUT2D eigenvalue weighted by molar-refractivity contribution is 8.00. The molecule has 1 unspecified atom stereocenters. The van der Waals surface area contributed by atoms with Crippen LogP contribution in [0, 0.1) is 12.8 Å². The van der Waals surface area contributed by atoms with Crippen LogP contribution in [-0.4, -0.2) is 16.1 Å². The summed E-state index contributed by atoms with van der Waals surface area (Å²) >= 11 is 1.56. The van der Waals surface area contributed by atoms with Gasteiger partial charge in [0.1, 0.15) is 5.03 Å². The second-order valence-corrected chi connectivity index (χ2v) is 5.21. The number of aryl methyl sites for hydroxylation is 1. The van der Waals surface area contributed by atoms with Crippen LogP contribution < -0.4 is 5.32 Å². The molecule has 3 nitrogen and oxygen atoms in total. The number of anilines is 1. The zero-order chi connectivity index (χ0) is 11.0. The maximum absolute atomic E-state index is 11.7. The molecule has 2 heterocycles. The third-order valence-corrected chi connectivity index (χ3v) is 3.91. The van der Waals surface area contributed by atoms with Crippen molar-refractivity contribution in [1.29, 1.82) is 0 Å². The SMILES string of the molecule is Cc1ccc2c(n1)SC(C(C)C)C(=O)N2. The molecule has 0 aliphatic carbocycles. The molecule has 1 aromatic heterocycles. The largest absolute Gasteiger partial charge is 0.323 e. The number of hydrogen-bond acceptors (Lipinski definition) is 3. The molecule has 0 aromatic carbocycles. The van der Waals surface area contributed by atoms with Gasteiger partial charge >= 0.3 is 0 Å². The summed E-state index contributed by atoms with van der Waals surface area (Å²) in [7, 11) is 0. The van der Waals surface area contributed by atoms with Crippen LogP contribution >= 0.6 is 11.8 Å². The fourth-order valence-corrected chi connectivity index (χ4v) is 2.66. The van der Waals surface area contributed by atoms with E-state index in [0.29, 0.717) is 5.92 Å². The zero-order valence-corrected chi connectivity index (χ0v) is 9.89. The van der Waals surface area contributed by atoms with Gasteiger partial charge in [0.05, 0.1) is 10.9 Å². The molecule has 1 aromatic rings. The third-order valence-electron chi connectivity index (χ3n) is 2.36. The Kier molecular flexibility index (Phi) is 2.69. The van der Waals surface area contributed by atoms with Gasteiger partial charge in [0.25, 0.3) is 0 Å². The van der Waals surface area contributed by atoms with Crippen molar-refractivity contribution in [2.75, 3.05) is 5.32 Å². The van der Waals surface area contributed by atoms with Gasteiger partial charge in [-0.3, -0.25) is 4.79 Å². The molecule has 0 spiro atoms. The lowest BCUT2D eigenvalue weighted by atomic mass is 10.1. The molecule has 0 saturated carbocycles. The van der Waals surface area contributed by atoms with Crippen LogP contribution in [0.1, 0.15) is 19.5 Å². The van der Waals surface area contributed by atoms with Gasteiger partial charge in [-0.15, -0.1) is 0 Å². The summed E-state index contributed by atoms with van der Waals surface area (Å²) in [5, 5.41) is 3.81. The van der Waals surface area contributed by atoms with Crippen molar-refractivity contribution in [3.63, 3.8) is 0 Å². The fraction of sp³-hybridized carbons (Fsp3) is 0.455. The van der Waals surface area contributed by atoms with E-state index in [9.17, 15) is 4.79 Å². The topological polar surface area (TPSA) is 42.0 Å². The smallest absolute Gasteiger partial charge is 0.238 e. The molecule has 2 rings (SSSR count). The second kappa shape index (κ2) is 3.85. The number of hydrogen-bond donors (Lipinski definition) is 1. The molecule has 1 atom stereocenters. The van der Waals surface area contributed by atoms with E-state index in [2.05, 4.69) is 24.1 Å². The van der Waals surface area contributed by atoms with Gasteiger partial charge in [0.2, 0.25) is 5.91 Å². The predicted molar refractivity (Wildman–Crippen MR) is 62.1 cm³/mol. The van der Waals surface area contributed by atoms with Crippen molar-refractivity contribution < 1.29 is 4.79 Å². The van der Waals surface area contributed by atoms with E-state index >= 15 is 0 Å². The van der Waals surface area contributed by atoms with Crippen LogP contribution in [-0.2, 0) is 4.79 Å². The minimum atomic E-state index is -0.0215. The summed E-state index contributed by atoms with van der Waals surface area (Å²) in [4.78, 5) is 16.2. The molecule has 0 fully saturated rings. The first-order chi connectivity index (χ1) is 7.08. The number of rotatable bonds is 1. The lowest BCUT2D eigenvalue weighted by Crippen LogP contribution is -2.33. The number of carbonyl (C=O) groups is 1. The Morgan fingerprint density at radius 3 is 2.87 bits per heavy atom. The van der Waals surface area contributed by atoms with E-state index in [1.165, 1.54) is 0 Å². The van der Waals surface area contributed by atoms with Gasteiger partial charge in [-0.05, 0) is 25.0 Å². The van der Waals surface area contributed by atoms with Gasteiger partial charge in [0.15, 0.2) is 0 Å². The van der Waals surface area contributed by atoms with E-state index in [4.69, 9.17) is 0 Å². The van der Waals surface area contributed by atoms with Gasteiger partial charge in [-0.1, -0.05) is 25.6 Å². The highest BCUT2D eigenvalue weighted by Crippen LogP contribution is 2.36. The molecule has 1 amide bonds. The van der Waals surface area contributed by atoms with Crippen LogP contribution in [0.4, 0.5) is 5.69 Å². The lowest BCUT2D eigenvalue weighted by Gasteiger charge is -2.25. The van der Waals surface area contributed by atoms with Crippen molar-refractivity contribution in [2.45, 2.75) is 31.0 Å². The van der Waals surface area contributed by atoms with Gasteiger partial charge < -0.3 is 5.32 Å². The molecule has 1 N–H and O–H groups in total. The molecular formula is C11H14N2OS. The van der Waals surface area contributed by atoms with Gasteiger partial charge in [-0.25, -0.2) is 4.98 Å². The summed E-state index contributed by atoms with van der Waals surface area (Å²) in [6, 6.07) is 3.83. The fourth-order valence-electron chi connectivity index (χ4n) is 1.53. The minimum Gasteiger partial charge on any atom is -0.323 e. The second-order valence-electron chi connectivity index (χ2n) is 4.08. The highest BCUT2D eigenvalue weighted by Gasteiger charge is 2.30. The monoisotopic (exact) mass is 222 g/mol. The van der Waals surface area contributed by atoms with E-state index in [0.717, 1.165) is 16.4 Å². The molecular weight excluding hydrogens is 208 g/mol. The normalized spacial score (nSPS) is 20.0. The minimum absolute atomic E-state index is 0.0215. The highest BCUT2D eigenvalue weighted by atomic mass is 32.2. The van der Waals surface area contributed by atoms with E-state index in [-0.39, 0.29) is 11.2 Å². The lowest BCUT2D eigenvalue weighted by molar-refractivity contribution is -0.116. The Morgan fingerprint density at radius 2 is 2.20 bits per heavy atom. The number of aromatic nitrogens is 1. The van der Waals surface area contributed by atoms with Crippen LogP contribution in [0.5, 0.6) is 0 Å². The zero-order valence-electron chi connectivity index (χ0n) is 9.07. The summed E-state index contributed by atoms with van der Waals surface area (Å²) in [6.45, 7) is 6.07. The Bertz CT molecular complexity index is 404. The van der Waals surface area contributed by atoms with Crippen LogP contribution in [0.2, 0.25) is 0 Å². The van der Waals surface area contributed by atoms with Crippen LogP contribution in [0.25, 0.3) is 0 Å². The first-order valence-corrected chi connectivity index (χ1v) is 5.91. The summed E-state index contributed by atoms with van der Waals surface area (Å²) in [5.41, 5.74) is 1.83. The van der Waals surface area contributed by atoms with E-state index in [1.54, 1.807) is 11.8 Å². The summed E-state index contributed by atoms with van der Waals surface area (Å²) in [5.74, 6) is 0.415. The van der Waals surface area contributed by atoms with Crippen molar-refractivity contribution >= 4 is 23.4 Å².